The Kier molecular flexibility index (Phi) is 4.34. The highest BCUT2D eigenvalue weighted by Gasteiger charge is 2.21. The highest BCUT2D eigenvalue weighted by atomic mass is 19.1. The summed E-state index contributed by atoms with van der Waals surface area (Å²) in [4.78, 5) is 13.0. The molecule has 134 valence electrons. The molecule has 0 saturated carbocycles. The summed E-state index contributed by atoms with van der Waals surface area (Å²) < 4.78 is 15.1. The van der Waals surface area contributed by atoms with Crippen molar-refractivity contribution in [1.82, 2.24) is 9.99 Å². The van der Waals surface area contributed by atoms with Gasteiger partial charge < -0.3 is 4.57 Å². The van der Waals surface area contributed by atoms with Gasteiger partial charge in [-0.3, -0.25) is 15.6 Å². The van der Waals surface area contributed by atoms with Crippen molar-refractivity contribution >= 4 is 22.5 Å². The van der Waals surface area contributed by atoms with Gasteiger partial charge in [-0.1, -0.05) is 48.5 Å². The van der Waals surface area contributed by atoms with Gasteiger partial charge >= 0.3 is 0 Å². The first-order chi connectivity index (χ1) is 13.1. The fraction of sp³-hybridized carbons (Fsp3) is 0.0455. The predicted molar refractivity (Wildman–Crippen MR) is 106 cm³/mol. The van der Waals surface area contributed by atoms with E-state index in [-0.39, 0.29) is 11.7 Å². The minimum atomic E-state index is -0.327. The Labute approximate surface area is 156 Å². The standard InChI is InChI=1S/C22H18FN3O/c1-26-19-10-6-5-9-18(19)20(21(26)15-7-3-2-4-8-15)22(27)25-24-17-13-11-16(23)12-14-17/h2-14,24H,1H3,(H,25,27). The van der Waals surface area contributed by atoms with Gasteiger partial charge in [-0.2, -0.15) is 0 Å². The molecule has 0 aliphatic heterocycles. The van der Waals surface area contributed by atoms with E-state index >= 15 is 0 Å². The molecule has 0 unspecified atom stereocenters. The molecule has 0 atom stereocenters. The fourth-order valence-corrected chi connectivity index (χ4v) is 3.28. The smallest absolute Gasteiger partial charge is 0.272 e. The van der Waals surface area contributed by atoms with E-state index in [0.29, 0.717) is 11.3 Å². The summed E-state index contributed by atoms with van der Waals surface area (Å²) in [7, 11) is 1.95. The number of anilines is 1. The summed E-state index contributed by atoms with van der Waals surface area (Å²) in [6.45, 7) is 0. The van der Waals surface area contributed by atoms with E-state index in [4.69, 9.17) is 0 Å². The number of aromatic nitrogens is 1. The minimum absolute atomic E-state index is 0.255. The van der Waals surface area contributed by atoms with Crippen LogP contribution in [-0.2, 0) is 7.05 Å². The molecule has 2 N–H and O–H groups in total. The molecular formula is C22H18FN3O. The van der Waals surface area contributed by atoms with Gasteiger partial charge in [0, 0.05) is 18.0 Å². The Bertz CT molecular complexity index is 1100. The summed E-state index contributed by atoms with van der Waals surface area (Å²) in [5.41, 5.74) is 9.55. The third kappa shape index (κ3) is 3.15. The third-order valence-electron chi connectivity index (χ3n) is 4.55. The van der Waals surface area contributed by atoms with Crippen molar-refractivity contribution in [2.24, 2.45) is 7.05 Å². The number of amides is 1. The van der Waals surface area contributed by atoms with Gasteiger partial charge in [0.15, 0.2) is 0 Å². The number of nitrogens with one attached hydrogen (secondary N) is 2. The van der Waals surface area contributed by atoms with Crippen LogP contribution in [-0.4, -0.2) is 10.5 Å². The van der Waals surface area contributed by atoms with Gasteiger partial charge in [0.2, 0.25) is 0 Å². The van der Waals surface area contributed by atoms with Gasteiger partial charge in [0.1, 0.15) is 5.82 Å². The summed E-state index contributed by atoms with van der Waals surface area (Å²) in [5, 5.41) is 0.872. The van der Waals surface area contributed by atoms with Crippen LogP contribution in [0, 0.1) is 5.82 Å². The number of fused-ring (bicyclic) bond motifs is 1. The molecule has 0 spiro atoms. The van der Waals surface area contributed by atoms with Crippen LogP contribution < -0.4 is 10.9 Å². The first-order valence-corrected chi connectivity index (χ1v) is 8.60. The maximum absolute atomic E-state index is 13.1. The third-order valence-corrected chi connectivity index (χ3v) is 4.55. The lowest BCUT2D eigenvalue weighted by molar-refractivity contribution is 0.0965. The van der Waals surface area contributed by atoms with Gasteiger partial charge in [-0.15, -0.1) is 0 Å². The molecule has 1 aromatic heterocycles. The number of carbonyl (C=O) groups is 1. The molecular weight excluding hydrogens is 341 g/mol. The van der Waals surface area contributed by atoms with Crippen molar-refractivity contribution in [2.75, 3.05) is 5.43 Å². The molecule has 1 heterocycles. The lowest BCUT2D eigenvalue weighted by atomic mass is 10.0. The molecule has 27 heavy (non-hydrogen) atoms. The van der Waals surface area contributed by atoms with Crippen LogP contribution in [0.25, 0.3) is 22.2 Å². The van der Waals surface area contributed by atoms with E-state index in [1.165, 1.54) is 12.1 Å². The second kappa shape index (κ2) is 6.96. The van der Waals surface area contributed by atoms with Crippen molar-refractivity contribution in [2.45, 2.75) is 0 Å². The Hall–Kier alpha value is -3.60. The largest absolute Gasteiger partial charge is 0.343 e. The van der Waals surface area contributed by atoms with Crippen molar-refractivity contribution in [3.63, 3.8) is 0 Å². The summed E-state index contributed by atoms with van der Waals surface area (Å²) in [6.07, 6.45) is 0. The molecule has 5 heteroatoms. The van der Waals surface area contributed by atoms with Crippen molar-refractivity contribution < 1.29 is 9.18 Å². The molecule has 0 fully saturated rings. The van der Waals surface area contributed by atoms with Crippen LogP contribution >= 0.6 is 0 Å². The van der Waals surface area contributed by atoms with E-state index in [1.807, 2.05) is 66.2 Å². The Morgan fingerprint density at radius 2 is 1.56 bits per heavy atom. The molecule has 0 bridgehead atoms. The fourth-order valence-electron chi connectivity index (χ4n) is 3.28. The molecule has 1 amide bonds. The number of benzene rings is 3. The highest BCUT2D eigenvalue weighted by Crippen LogP contribution is 2.32. The molecule has 4 nitrogen and oxygen atoms in total. The van der Waals surface area contributed by atoms with Crippen molar-refractivity contribution in [1.29, 1.82) is 0 Å². The first kappa shape index (κ1) is 16.8. The molecule has 0 aliphatic rings. The van der Waals surface area contributed by atoms with Crippen LogP contribution in [0.2, 0.25) is 0 Å². The van der Waals surface area contributed by atoms with Gasteiger partial charge in [-0.05, 0) is 35.9 Å². The number of hydrogen-bond acceptors (Lipinski definition) is 2. The lowest BCUT2D eigenvalue weighted by Gasteiger charge is -2.11. The highest BCUT2D eigenvalue weighted by molar-refractivity contribution is 6.13. The zero-order valence-corrected chi connectivity index (χ0v) is 14.7. The SMILES string of the molecule is Cn1c(-c2ccccc2)c(C(=O)NNc2ccc(F)cc2)c2ccccc21. The van der Waals surface area contributed by atoms with Crippen LogP contribution in [0.4, 0.5) is 10.1 Å². The maximum atomic E-state index is 13.1. The Morgan fingerprint density at radius 3 is 2.30 bits per heavy atom. The van der Waals surface area contributed by atoms with Gasteiger partial charge in [0.05, 0.1) is 16.9 Å². The normalized spacial score (nSPS) is 10.7. The predicted octanol–water partition coefficient (Wildman–Crippen LogP) is 4.74. The second-order valence-electron chi connectivity index (χ2n) is 6.25. The zero-order valence-electron chi connectivity index (χ0n) is 14.7. The Balaban J connectivity index is 1.75. The average molecular weight is 359 g/mol. The topological polar surface area (TPSA) is 46.1 Å². The number of hydrogen-bond donors (Lipinski definition) is 2. The van der Waals surface area contributed by atoms with E-state index in [1.54, 1.807) is 12.1 Å². The second-order valence-corrected chi connectivity index (χ2v) is 6.25. The van der Waals surface area contributed by atoms with Crippen molar-refractivity contribution in [3.05, 3.63) is 90.2 Å². The monoisotopic (exact) mass is 359 g/mol. The molecule has 4 aromatic rings. The number of carbonyl (C=O) groups excluding carboxylic acids is 1. The van der Waals surface area contributed by atoms with E-state index in [0.717, 1.165) is 22.2 Å². The maximum Gasteiger partial charge on any atom is 0.272 e. The number of aryl methyl sites for hydroxylation is 1. The van der Waals surface area contributed by atoms with E-state index in [2.05, 4.69) is 10.9 Å². The minimum Gasteiger partial charge on any atom is -0.343 e. The van der Waals surface area contributed by atoms with Crippen molar-refractivity contribution in [3.8, 4) is 11.3 Å². The van der Waals surface area contributed by atoms with E-state index in [9.17, 15) is 9.18 Å². The number of nitrogens with zero attached hydrogens (tertiary/aromatic N) is 1. The van der Waals surface area contributed by atoms with Gasteiger partial charge in [-0.25, -0.2) is 4.39 Å². The van der Waals surface area contributed by atoms with Crippen LogP contribution in [0.3, 0.4) is 0 Å². The quantitative estimate of drug-likeness (QED) is 0.517. The van der Waals surface area contributed by atoms with Gasteiger partial charge in [0.25, 0.3) is 5.91 Å². The summed E-state index contributed by atoms with van der Waals surface area (Å²) >= 11 is 0. The number of para-hydroxylation sites is 1. The molecule has 0 aliphatic carbocycles. The molecule has 0 saturated heterocycles. The van der Waals surface area contributed by atoms with E-state index < -0.39 is 0 Å². The van der Waals surface area contributed by atoms with Crippen LogP contribution in [0.5, 0.6) is 0 Å². The summed E-state index contributed by atoms with van der Waals surface area (Å²) in [5.74, 6) is -0.581. The van der Waals surface area contributed by atoms with Crippen LogP contribution in [0.15, 0.2) is 78.9 Å². The van der Waals surface area contributed by atoms with Crippen LogP contribution in [0.1, 0.15) is 10.4 Å². The number of hydrazine groups is 1. The number of rotatable bonds is 4. The summed E-state index contributed by atoms with van der Waals surface area (Å²) in [6, 6.07) is 23.4. The molecule has 3 aromatic carbocycles. The zero-order chi connectivity index (χ0) is 18.8. The first-order valence-electron chi connectivity index (χ1n) is 8.60. The number of halogens is 1. The average Bonchev–Trinajstić information content (AvgIpc) is 3.01. The molecule has 0 radical (unpaired) electrons. The lowest BCUT2D eigenvalue weighted by Crippen LogP contribution is -2.29. The molecule has 4 rings (SSSR count). The Morgan fingerprint density at radius 1 is 0.889 bits per heavy atom.